The Morgan fingerprint density at radius 1 is 0.783 bits per heavy atom. The number of hydrogen-bond donors (Lipinski definition) is 0. The normalized spacial score (nSPS) is 14.9. The molecule has 46 heavy (non-hydrogen) atoms. The molecule has 244 valence electrons. The Morgan fingerprint density at radius 2 is 1.48 bits per heavy atom. The highest BCUT2D eigenvalue weighted by Gasteiger charge is 2.36. The Hall–Kier alpha value is -3.20. The maximum absolute atomic E-state index is 14.9. The highest BCUT2D eigenvalue weighted by Crippen LogP contribution is 2.53. The van der Waals surface area contributed by atoms with Gasteiger partial charge in [-0.3, -0.25) is 0 Å². The van der Waals surface area contributed by atoms with Crippen molar-refractivity contribution in [2.75, 3.05) is 31.9 Å². The van der Waals surface area contributed by atoms with Crippen LogP contribution in [0.4, 0.5) is 10.1 Å². The molecule has 0 radical (unpaired) electrons. The van der Waals surface area contributed by atoms with Gasteiger partial charge in [-0.25, -0.2) is 4.39 Å². The topological polar surface area (TPSA) is 21.7 Å². The minimum atomic E-state index is -0.168. The molecule has 0 amide bonds. The van der Waals surface area contributed by atoms with Gasteiger partial charge in [-0.2, -0.15) is 0 Å². The van der Waals surface area contributed by atoms with Crippen LogP contribution in [0.3, 0.4) is 0 Å². The maximum atomic E-state index is 14.9. The van der Waals surface area contributed by atoms with Crippen LogP contribution in [0.15, 0.2) is 91.0 Å². The molecule has 1 heterocycles. The standard InChI is InChI=1S/C41H51FNO2P/c1-4-6-14-23-41(5-2,46-39-22-21-36(42)30-38(39)43-24-15-9-16-25-43)37-29-34(26-32-17-10-7-11-18-32)28-35(40(37)45-31-44-3)27-33-19-12-8-13-20-33/h7-8,10-13,17-22,28-30,46H,4-6,9,14-16,23-27,31H2,1-3H3. The second-order valence-electron chi connectivity index (χ2n) is 12.7. The van der Waals surface area contributed by atoms with E-state index in [1.54, 1.807) is 19.2 Å². The molecule has 2 unspecified atom stereocenters. The van der Waals surface area contributed by atoms with E-state index in [0.717, 1.165) is 69.5 Å². The lowest BCUT2D eigenvalue weighted by molar-refractivity contribution is 0.0492. The molecule has 4 aromatic carbocycles. The average molecular weight is 640 g/mol. The predicted octanol–water partition coefficient (Wildman–Crippen LogP) is 10.2. The third kappa shape index (κ3) is 8.78. The van der Waals surface area contributed by atoms with Crippen molar-refractivity contribution in [3.63, 3.8) is 0 Å². The molecule has 0 aliphatic carbocycles. The lowest BCUT2D eigenvalue weighted by Gasteiger charge is -2.38. The number of methoxy groups -OCH3 is 1. The number of piperidine rings is 1. The van der Waals surface area contributed by atoms with Gasteiger partial charge in [0.1, 0.15) is 11.6 Å². The van der Waals surface area contributed by atoms with Crippen LogP contribution in [0.25, 0.3) is 0 Å². The van der Waals surface area contributed by atoms with Gasteiger partial charge in [0.05, 0.1) is 0 Å². The largest absolute Gasteiger partial charge is 0.467 e. The molecule has 0 spiro atoms. The fraction of sp³-hybridized carbons (Fsp3) is 0.415. The summed E-state index contributed by atoms with van der Waals surface area (Å²) in [6.07, 6.45) is 10.7. The number of rotatable bonds is 16. The van der Waals surface area contributed by atoms with Gasteiger partial charge in [0.25, 0.3) is 0 Å². The van der Waals surface area contributed by atoms with E-state index in [2.05, 4.69) is 97.6 Å². The van der Waals surface area contributed by atoms with E-state index in [1.165, 1.54) is 52.4 Å². The van der Waals surface area contributed by atoms with Gasteiger partial charge >= 0.3 is 0 Å². The SMILES string of the molecule is CCCCCC(CC)(Pc1ccc(F)cc1N1CCCCC1)c1cc(Cc2ccccc2)cc(Cc2ccccc2)c1OCOC. The first-order valence-electron chi connectivity index (χ1n) is 17.2. The molecule has 1 saturated heterocycles. The van der Waals surface area contributed by atoms with Gasteiger partial charge in [-0.15, -0.1) is 0 Å². The molecule has 1 aliphatic heterocycles. The summed E-state index contributed by atoms with van der Waals surface area (Å²) in [4.78, 5) is 2.43. The zero-order chi connectivity index (χ0) is 32.2. The smallest absolute Gasteiger partial charge is 0.188 e. The molecule has 2 atom stereocenters. The summed E-state index contributed by atoms with van der Waals surface area (Å²) in [6.45, 7) is 6.79. The number of nitrogens with zero attached hydrogens (tertiary/aromatic N) is 1. The van der Waals surface area contributed by atoms with Crippen molar-refractivity contribution in [2.24, 2.45) is 0 Å². The third-order valence-electron chi connectivity index (χ3n) is 9.39. The van der Waals surface area contributed by atoms with Crippen LogP contribution in [-0.2, 0) is 22.7 Å². The fourth-order valence-corrected chi connectivity index (χ4v) is 8.78. The number of hydrogen-bond acceptors (Lipinski definition) is 3. The van der Waals surface area contributed by atoms with Gasteiger partial charge in [-0.1, -0.05) is 114 Å². The second-order valence-corrected chi connectivity index (χ2v) is 14.5. The van der Waals surface area contributed by atoms with Gasteiger partial charge in [-0.05, 0) is 84.3 Å². The fourth-order valence-electron chi connectivity index (χ4n) is 6.94. The zero-order valence-corrected chi connectivity index (χ0v) is 29.0. The summed E-state index contributed by atoms with van der Waals surface area (Å²) >= 11 is 0. The van der Waals surface area contributed by atoms with Crippen LogP contribution < -0.4 is 14.9 Å². The van der Waals surface area contributed by atoms with Crippen molar-refractivity contribution in [3.05, 3.63) is 125 Å². The van der Waals surface area contributed by atoms with E-state index >= 15 is 0 Å². The molecule has 3 nitrogen and oxygen atoms in total. The molecule has 4 aromatic rings. The molecule has 1 aliphatic rings. The molecule has 0 N–H and O–H groups in total. The van der Waals surface area contributed by atoms with Crippen LogP contribution in [-0.4, -0.2) is 27.0 Å². The van der Waals surface area contributed by atoms with Gasteiger partial charge in [0, 0.05) is 43.0 Å². The number of halogens is 1. The summed E-state index contributed by atoms with van der Waals surface area (Å²) in [5.41, 5.74) is 7.40. The number of benzene rings is 4. The van der Waals surface area contributed by atoms with E-state index in [4.69, 9.17) is 9.47 Å². The summed E-state index contributed by atoms with van der Waals surface area (Å²) in [5.74, 6) is 0.802. The van der Waals surface area contributed by atoms with E-state index in [1.807, 2.05) is 0 Å². The van der Waals surface area contributed by atoms with Crippen LogP contribution in [0.2, 0.25) is 0 Å². The van der Waals surface area contributed by atoms with E-state index in [0.29, 0.717) is 8.58 Å². The summed E-state index contributed by atoms with van der Waals surface area (Å²) in [5, 5.41) is 1.09. The lowest BCUT2D eigenvalue weighted by atomic mass is 9.84. The van der Waals surface area contributed by atoms with Crippen molar-refractivity contribution in [1.29, 1.82) is 0 Å². The van der Waals surface area contributed by atoms with Crippen molar-refractivity contribution in [1.82, 2.24) is 0 Å². The lowest BCUT2D eigenvalue weighted by Crippen LogP contribution is -2.33. The van der Waals surface area contributed by atoms with Crippen LogP contribution in [0, 0.1) is 5.82 Å². The zero-order valence-electron chi connectivity index (χ0n) is 28.0. The Kier molecular flexibility index (Phi) is 12.7. The van der Waals surface area contributed by atoms with Crippen molar-refractivity contribution >= 4 is 19.6 Å². The first-order chi connectivity index (χ1) is 22.5. The van der Waals surface area contributed by atoms with Crippen molar-refractivity contribution < 1.29 is 13.9 Å². The Labute approximate surface area is 278 Å². The molecular formula is C41H51FNO2P. The first kappa shape index (κ1) is 34.1. The predicted molar refractivity (Wildman–Crippen MR) is 194 cm³/mol. The minimum Gasteiger partial charge on any atom is -0.467 e. The highest BCUT2D eigenvalue weighted by atomic mass is 31.1. The van der Waals surface area contributed by atoms with Gasteiger partial charge in [0.15, 0.2) is 6.79 Å². The Bertz CT molecular complexity index is 1510. The monoisotopic (exact) mass is 639 g/mol. The second kappa shape index (κ2) is 17.1. The number of ether oxygens (including phenoxy) is 2. The molecule has 0 bridgehead atoms. The number of unbranched alkanes of at least 4 members (excludes halogenated alkanes) is 2. The molecule has 5 rings (SSSR count). The highest BCUT2D eigenvalue weighted by molar-refractivity contribution is 7.49. The summed E-state index contributed by atoms with van der Waals surface area (Å²) < 4.78 is 27.0. The maximum Gasteiger partial charge on any atom is 0.188 e. The Morgan fingerprint density at radius 3 is 2.13 bits per heavy atom. The molecule has 0 aromatic heterocycles. The number of anilines is 1. The molecule has 1 fully saturated rings. The first-order valence-corrected chi connectivity index (χ1v) is 18.2. The molecule has 0 saturated carbocycles. The van der Waals surface area contributed by atoms with Crippen molar-refractivity contribution in [3.8, 4) is 5.75 Å². The minimum absolute atomic E-state index is 0.152. The summed E-state index contributed by atoms with van der Waals surface area (Å²) in [6, 6.07) is 31.7. The van der Waals surface area contributed by atoms with E-state index in [9.17, 15) is 4.39 Å². The quantitative estimate of drug-likeness (QED) is 0.0692. The Balaban J connectivity index is 1.69. The van der Waals surface area contributed by atoms with Gasteiger partial charge in [0.2, 0.25) is 0 Å². The van der Waals surface area contributed by atoms with E-state index < -0.39 is 0 Å². The van der Waals surface area contributed by atoms with Crippen LogP contribution in [0.5, 0.6) is 5.75 Å². The third-order valence-corrected chi connectivity index (χ3v) is 11.4. The van der Waals surface area contributed by atoms with Crippen LogP contribution >= 0.6 is 8.58 Å². The molecular weight excluding hydrogens is 588 g/mol. The van der Waals surface area contributed by atoms with E-state index in [-0.39, 0.29) is 17.8 Å². The summed E-state index contributed by atoms with van der Waals surface area (Å²) in [7, 11) is 2.17. The van der Waals surface area contributed by atoms with Crippen LogP contribution in [0.1, 0.15) is 93.0 Å². The average Bonchev–Trinajstić information content (AvgIpc) is 3.09. The van der Waals surface area contributed by atoms with Crippen molar-refractivity contribution in [2.45, 2.75) is 83.2 Å². The van der Waals surface area contributed by atoms with Gasteiger partial charge < -0.3 is 14.4 Å². The molecule has 5 heteroatoms.